The van der Waals surface area contributed by atoms with E-state index in [2.05, 4.69) is 37.0 Å². The normalized spacial score (nSPS) is 17.2. The highest BCUT2D eigenvalue weighted by Gasteiger charge is 2.33. The van der Waals surface area contributed by atoms with Gasteiger partial charge in [-0.05, 0) is 23.6 Å². The quantitative estimate of drug-likeness (QED) is 0.777. The van der Waals surface area contributed by atoms with Crippen LogP contribution in [0.2, 0.25) is 0 Å². The average Bonchev–Trinajstić information content (AvgIpc) is 2.31. The van der Waals surface area contributed by atoms with Crippen molar-refractivity contribution in [2.75, 3.05) is 0 Å². The summed E-state index contributed by atoms with van der Waals surface area (Å²) < 4.78 is 5.90. The molecular formula is C15H15NO. The molecule has 3 rings (SSSR count). The third-order valence-electron chi connectivity index (χ3n) is 3.17. The van der Waals surface area contributed by atoms with Gasteiger partial charge in [0.05, 0.1) is 5.69 Å². The van der Waals surface area contributed by atoms with Crippen LogP contribution in [0.4, 0.5) is 0 Å². The number of fused-ring (bicyclic) bond motifs is 1. The predicted octanol–water partition coefficient (Wildman–Crippen LogP) is 3.69. The number of benzene rings is 1. The molecular weight excluding hydrogens is 210 g/mol. The van der Waals surface area contributed by atoms with Crippen molar-refractivity contribution >= 4 is 0 Å². The first kappa shape index (κ1) is 10.3. The Kier molecular flexibility index (Phi) is 2.36. The van der Waals surface area contributed by atoms with Crippen LogP contribution in [0.15, 0.2) is 42.6 Å². The molecule has 1 aliphatic heterocycles. The molecule has 0 fully saturated rings. The van der Waals surface area contributed by atoms with Crippen LogP contribution in [0.3, 0.4) is 0 Å². The van der Waals surface area contributed by atoms with Gasteiger partial charge in [0.25, 0.3) is 0 Å². The van der Waals surface area contributed by atoms with Gasteiger partial charge in [-0.3, -0.25) is 4.98 Å². The summed E-state index contributed by atoms with van der Waals surface area (Å²) in [6.45, 7) is 4.38. The van der Waals surface area contributed by atoms with E-state index < -0.39 is 0 Å². The molecule has 0 saturated heterocycles. The summed E-state index contributed by atoms with van der Waals surface area (Å²) in [7, 11) is 0. The van der Waals surface area contributed by atoms with Crippen molar-refractivity contribution < 1.29 is 4.74 Å². The van der Waals surface area contributed by atoms with Gasteiger partial charge in [-0.2, -0.15) is 0 Å². The van der Waals surface area contributed by atoms with Gasteiger partial charge in [0.2, 0.25) is 0 Å². The Bertz CT molecular complexity index is 534. The van der Waals surface area contributed by atoms with E-state index in [1.165, 1.54) is 11.1 Å². The smallest absolute Gasteiger partial charge is 0.169 e. The summed E-state index contributed by atoms with van der Waals surface area (Å²) in [5, 5.41) is 0. The van der Waals surface area contributed by atoms with Crippen LogP contribution in [0, 0.1) is 0 Å². The van der Waals surface area contributed by atoms with Gasteiger partial charge >= 0.3 is 0 Å². The van der Waals surface area contributed by atoms with Crippen molar-refractivity contribution in [2.45, 2.75) is 25.9 Å². The Balaban J connectivity index is 1.99. The third-order valence-corrected chi connectivity index (χ3v) is 3.17. The Labute approximate surface area is 101 Å². The lowest BCUT2D eigenvalue weighted by Crippen LogP contribution is -2.22. The number of para-hydroxylation sites is 1. The summed E-state index contributed by atoms with van der Waals surface area (Å²) in [6, 6.07) is 12.3. The first-order valence-corrected chi connectivity index (χ1v) is 5.98. The van der Waals surface area contributed by atoms with E-state index in [-0.39, 0.29) is 6.10 Å². The number of hydrogen-bond acceptors (Lipinski definition) is 2. The fourth-order valence-electron chi connectivity index (χ4n) is 2.24. The van der Waals surface area contributed by atoms with Gasteiger partial charge in [0.15, 0.2) is 6.10 Å². The molecule has 0 saturated carbocycles. The zero-order chi connectivity index (χ0) is 11.8. The summed E-state index contributed by atoms with van der Waals surface area (Å²) in [5.41, 5.74) is 3.53. The first-order chi connectivity index (χ1) is 8.27. The number of rotatable bonds is 2. The van der Waals surface area contributed by atoms with E-state index in [9.17, 15) is 0 Å². The lowest BCUT2D eigenvalue weighted by molar-refractivity contribution is 0.177. The van der Waals surface area contributed by atoms with Crippen LogP contribution >= 0.6 is 0 Å². The second-order valence-electron chi connectivity index (χ2n) is 4.67. The molecule has 0 amide bonds. The fourth-order valence-corrected chi connectivity index (χ4v) is 2.24. The van der Waals surface area contributed by atoms with Crippen molar-refractivity contribution in [1.29, 1.82) is 0 Å². The van der Waals surface area contributed by atoms with Crippen molar-refractivity contribution in [2.24, 2.45) is 0 Å². The van der Waals surface area contributed by atoms with E-state index in [0.29, 0.717) is 5.92 Å². The van der Waals surface area contributed by atoms with Crippen molar-refractivity contribution in [3.63, 3.8) is 0 Å². The minimum absolute atomic E-state index is 0.0184. The van der Waals surface area contributed by atoms with Gasteiger partial charge in [-0.1, -0.05) is 38.1 Å². The van der Waals surface area contributed by atoms with E-state index in [1.807, 2.05) is 24.4 Å². The number of nitrogens with zero attached hydrogens (tertiary/aromatic N) is 1. The minimum atomic E-state index is 0.0184. The van der Waals surface area contributed by atoms with Crippen LogP contribution in [-0.2, 0) is 0 Å². The molecule has 2 nitrogen and oxygen atoms in total. The summed E-state index contributed by atoms with van der Waals surface area (Å²) in [4.78, 5) is 4.35. The lowest BCUT2D eigenvalue weighted by Gasteiger charge is -2.33. The summed E-state index contributed by atoms with van der Waals surface area (Å²) in [6.07, 6.45) is 1.83. The zero-order valence-electron chi connectivity index (χ0n) is 10.1. The third kappa shape index (κ3) is 1.60. The fraction of sp³-hybridized carbons (Fsp3) is 0.267. The van der Waals surface area contributed by atoms with Crippen LogP contribution < -0.4 is 4.74 Å². The Morgan fingerprint density at radius 1 is 1.12 bits per heavy atom. The maximum Gasteiger partial charge on any atom is 0.169 e. The van der Waals surface area contributed by atoms with Gasteiger partial charge in [-0.15, -0.1) is 0 Å². The number of pyridine rings is 1. The van der Waals surface area contributed by atoms with E-state index >= 15 is 0 Å². The van der Waals surface area contributed by atoms with Crippen LogP contribution in [0.25, 0.3) is 0 Å². The molecule has 0 aliphatic carbocycles. The van der Waals surface area contributed by atoms with Crippen molar-refractivity contribution in [3.8, 4) is 5.75 Å². The predicted molar refractivity (Wildman–Crippen MR) is 67.2 cm³/mol. The molecule has 1 unspecified atom stereocenters. The number of aromatic nitrogens is 1. The SMILES string of the molecule is CC(C)c1cccc2c1OC2c1ccccn1. The molecule has 0 N–H and O–H groups in total. The van der Waals surface area contributed by atoms with Crippen molar-refractivity contribution in [3.05, 3.63) is 59.4 Å². The highest BCUT2D eigenvalue weighted by atomic mass is 16.5. The van der Waals surface area contributed by atoms with Gasteiger partial charge in [0.1, 0.15) is 5.75 Å². The topological polar surface area (TPSA) is 22.1 Å². The molecule has 17 heavy (non-hydrogen) atoms. The van der Waals surface area contributed by atoms with Gasteiger partial charge in [-0.25, -0.2) is 0 Å². The second-order valence-corrected chi connectivity index (χ2v) is 4.67. The number of ether oxygens (including phenoxy) is 1. The van der Waals surface area contributed by atoms with Gasteiger partial charge in [0, 0.05) is 11.8 Å². The van der Waals surface area contributed by atoms with Gasteiger partial charge < -0.3 is 4.74 Å². The lowest BCUT2D eigenvalue weighted by atomic mass is 9.91. The second kappa shape index (κ2) is 3.88. The highest BCUT2D eigenvalue weighted by Crippen LogP contribution is 2.46. The Hall–Kier alpha value is -1.83. The molecule has 2 heterocycles. The maximum atomic E-state index is 5.90. The summed E-state index contributed by atoms with van der Waals surface area (Å²) >= 11 is 0. The Morgan fingerprint density at radius 3 is 2.71 bits per heavy atom. The maximum absolute atomic E-state index is 5.90. The van der Waals surface area contributed by atoms with E-state index in [0.717, 1.165) is 11.4 Å². The first-order valence-electron chi connectivity index (χ1n) is 5.98. The van der Waals surface area contributed by atoms with E-state index in [4.69, 9.17) is 4.74 Å². The molecule has 2 aromatic rings. The van der Waals surface area contributed by atoms with Crippen LogP contribution in [-0.4, -0.2) is 4.98 Å². The van der Waals surface area contributed by atoms with Crippen LogP contribution in [0.1, 0.15) is 42.7 Å². The molecule has 1 atom stereocenters. The molecule has 1 aliphatic rings. The monoisotopic (exact) mass is 225 g/mol. The minimum Gasteiger partial charge on any atom is -0.478 e. The molecule has 2 heteroatoms. The molecule has 0 spiro atoms. The molecule has 1 aromatic heterocycles. The number of hydrogen-bond donors (Lipinski definition) is 0. The standard InChI is InChI=1S/C15H15NO/c1-10(2)11-6-5-7-12-14(11)17-15(12)13-8-3-4-9-16-13/h3-10,15H,1-2H3. The van der Waals surface area contributed by atoms with Crippen molar-refractivity contribution in [1.82, 2.24) is 4.98 Å². The molecule has 0 bridgehead atoms. The summed E-state index contributed by atoms with van der Waals surface area (Å²) in [5.74, 6) is 1.55. The Morgan fingerprint density at radius 2 is 2.00 bits per heavy atom. The highest BCUT2D eigenvalue weighted by molar-refractivity contribution is 5.52. The average molecular weight is 225 g/mol. The molecule has 0 radical (unpaired) electrons. The van der Waals surface area contributed by atoms with E-state index in [1.54, 1.807) is 0 Å². The molecule has 1 aromatic carbocycles. The molecule has 86 valence electrons. The van der Waals surface area contributed by atoms with Crippen LogP contribution in [0.5, 0.6) is 5.75 Å². The largest absolute Gasteiger partial charge is 0.478 e. The zero-order valence-corrected chi connectivity index (χ0v) is 10.1.